The smallest absolute Gasteiger partial charge is 0.295 e. The number of hydrogen-bond acceptors (Lipinski definition) is 3. The average Bonchev–Trinajstić information content (AvgIpc) is 2.99. The summed E-state index contributed by atoms with van der Waals surface area (Å²) < 4.78 is 39.5. The lowest BCUT2D eigenvalue weighted by molar-refractivity contribution is -0.141. The number of anilines is 1. The number of aromatic nitrogens is 3. The van der Waals surface area contributed by atoms with Crippen LogP contribution in [0.1, 0.15) is 11.4 Å². The highest BCUT2D eigenvalue weighted by Gasteiger charge is 2.33. The number of pyridine rings is 1. The molecule has 0 saturated heterocycles. The molecule has 5 nitrogen and oxygen atoms in total. The van der Waals surface area contributed by atoms with Crippen LogP contribution in [0.4, 0.5) is 19.0 Å². The zero-order valence-electron chi connectivity index (χ0n) is 10.8. The van der Waals surface area contributed by atoms with Crippen LogP contribution in [0, 0.1) is 0 Å². The number of rotatable bonds is 2. The Morgan fingerprint density at radius 3 is 2.81 bits per heavy atom. The fourth-order valence-corrected chi connectivity index (χ4v) is 2.28. The lowest BCUT2D eigenvalue weighted by atomic mass is 10.2. The van der Waals surface area contributed by atoms with E-state index in [1.165, 1.54) is 17.0 Å². The van der Waals surface area contributed by atoms with Gasteiger partial charge in [-0.15, -0.1) is 0 Å². The van der Waals surface area contributed by atoms with Gasteiger partial charge in [-0.3, -0.25) is 9.69 Å². The minimum absolute atomic E-state index is 0.104. The van der Waals surface area contributed by atoms with E-state index in [-0.39, 0.29) is 18.0 Å². The molecular formula is C13H11F3N4O. The molecule has 21 heavy (non-hydrogen) atoms. The molecule has 0 radical (unpaired) electrons. The first kappa shape index (κ1) is 13.6. The van der Waals surface area contributed by atoms with Gasteiger partial charge in [0.25, 0.3) is 0 Å². The van der Waals surface area contributed by atoms with E-state index in [1.54, 1.807) is 16.9 Å². The zero-order chi connectivity index (χ0) is 15.0. The van der Waals surface area contributed by atoms with Gasteiger partial charge in [0.2, 0.25) is 5.91 Å². The molecule has 2 aromatic heterocycles. The highest BCUT2D eigenvalue weighted by atomic mass is 19.4. The van der Waals surface area contributed by atoms with Gasteiger partial charge in [0.1, 0.15) is 11.5 Å². The van der Waals surface area contributed by atoms with Crippen LogP contribution in [0.2, 0.25) is 0 Å². The van der Waals surface area contributed by atoms with Crippen molar-refractivity contribution in [2.24, 2.45) is 0 Å². The maximum Gasteiger partial charge on any atom is 0.433 e. The molecule has 0 saturated carbocycles. The van der Waals surface area contributed by atoms with Crippen molar-refractivity contribution < 1.29 is 18.0 Å². The standard InChI is InChI=1S/C13H11F3N4O/c14-13(15,16)10-3-1-2-9(18-10)8-12(21)19-6-7-20-11(19)4-5-17-20/h1-5H,6-8H2. The summed E-state index contributed by atoms with van der Waals surface area (Å²) in [6.07, 6.45) is -3.10. The highest BCUT2D eigenvalue weighted by molar-refractivity contribution is 5.94. The van der Waals surface area contributed by atoms with Gasteiger partial charge in [-0.05, 0) is 12.1 Å². The summed E-state index contributed by atoms with van der Waals surface area (Å²) in [7, 11) is 0. The number of halogens is 3. The molecule has 2 aromatic rings. The molecule has 0 bridgehead atoms. The first-order chi connectivity index (χ1) is 9.95. The van der Waals surface area contributed by atoms with E-state index >= 15 is 0 Å². The Labute approximate surface area is 118 Å². The Kier molecular flexibility index (Phi) is 3.15. The maximum atomic E-state index is 12.6. The number of amides is 1. The molecule has 0 atom stereocenters. The van der Waals surface area contributed by atoms with E-state index in [4.69, 9.17) is 0 Å². The summed E-state index contributed by atoms with van der Waals surface area (Å²) in [6, 6.07) is 5.26. The Balaban J connectivity index is 1.77. The first-order valence-corrected chi connectivity index (χ1v) is 6.30. The molecule has 3 heterocycles. The van der Waals surface area contributed by atoms with Gasteiger partial charge in [-0.2, -0.15) is 18.3 Å². The van der Waals surface area contributed by atoms with Crippen molar-refractivity contribution in [3.05, 3.63) is 41.9 Å². The van der Waals surface area contributed by atoms with Crippen LogP contribution in [-0.2, 0) is 23.9 Å². The Hall–Kier alpha value is -2.38. The highest BCUT2D eigenvalue weighted by Crippen LogP contribution is 2.27. The summed E-state index contributed by atoms with van der Waals surface area (Å²) in [5, 5.41) is 4.04. The minimum atomic E-state index is -4.51. The molecule has 8 heteroatoms. The van der Waals surface area contributed by atoms with Gasteiger partial charge < -0.3 is 0 Å². The summed E-state index contributed by atoms with van der Waals surface area (Å²) in [4.78, 5) is 17.2. The molecule has 3 rings (SSSR count). The second-order valence-electron chi connectivity index (χ2n) is 4.65. The van der Waals surface area contributed by atoms with Crippen LogP contribution in [0.5, 0.6) is 0 Å². The molecule has 0 unspecified atom stereocenters. The third kappa shape index (κ3) is 2.61. The van der Waals surface area contributed by atoms with E-state index in [0.29, 0.717) is 18.9 Å². The zero-order valence-corrected chi connectivity index (χ0v) is 10.8. The largest absolute Gasteiger partial charge is 0.433 e. The molecule has 0 aromatic carbocycles. The fourth-order valence-electron chi connectivity index (χ4n) is 2.28. The molecule has 0 fully saturated rings. The van der Waals surface area contributed by atoms with Gasteiger partial charge >= 0.3 is 6.18 Å². The van der Waals surface area contributed by atoms with Gasteiger partial charge in [-0.25, -0.2) is 9.67 Å². The minimum Gasteiger partial charge on any atom is -0.295 e. The predicted molar refractivity (Wildman–Crippen MR) is 67.5 cm³/mol. The topological polar surface area (TPSA) is 51.0 Å². The van der Waals surface area contributed by atoms with Crippen molar-refractivity contribution in [1.29, 1.82) is 0 Å². The first-order valence-electron chi connectivity index (χ1n) is 6.30. The SMILES string of the molecule is O=C(Cc1cccc(C(F)(F)F)n1)N1CCn2nccc21. The number of hydrogen-bond donors (Lipinski definition) is 0. The van der Waals surface area contributed by atoms with Crippen LogP contribution in [0.3, 0.4) is 0 Å². The summed E-state index contributed by atoms with van der Waals surface area (Å²) in [5.74, 6) is 0.369. The van der Waals surface area contributed by atoms with E-state index in [1.807, 2.05) is 0 Å². The Morgan fingerprint density at radius 1 is 1.24 bits per heavy atom. The Morgan fingerprint density at radius 2 is 2.05 bits per heavy atom. The van der Waals surface area contributed by atoms with Crippen molar-refractivity contribution in [3.63, 3.8) is 0 Å². The van der Waals surface area contributed by atoms with Crippen LogP contribution in [0.15, 0.2) is 30.5 Å². The Bertz CT molecular complexity index is 680. The lowest BCUT2D eigenvalue weighted by Crippen LogP contribution is -2.30. The molecule has 110 valence electrons. The molecule has 0 aliphatic carbocycles. The molecule has 1 aliphatic heterocycles. The van der Waals surface area contributed by atoms with Gasteiger partial charge in [-0.1, -0.05) is 6.07 Å². The van der Waals surface area contributed by atoms with Gasteiger partial charge in [0, 0.05) is 12.6 Å². The molecule has 1 aliphatic rings. The predicted octanol–water partition coefficient (Wildman–Crippen LogP) is 1.89. The fraction of sp³-hybridized carbons (Fsp3) is 0.308. The van der Waals surface area contributed by atoms with Gasteiger partial charge in [0.15, 0.2) is 0 Å². The van der Waals surface area contributed by atoms with Crippen LogP contribution < -0.4 is 4.90 Å². The normalized spacial score (nSPS) is 14.3. The van der Waals surface area contributed by atoms with Crippen molar-refractivity contribution in [2.75, 3.05) is 11.4 Å². The molecule has 0 spiro atoms. The van der Waals surface area contributed by atoms with Crippen LogP contribution in [-0.4, -0.2) is 27.2 Å². The molecule has 0 N–H and O–H groups in total. The summed E-state index contributed by atoms with van der Waals surface area (Å²) >= 11 is 0. The third-order valence-electron chi connectivity index (χ3n) is 3.24. The van der Waals surface area contributed by atoms with Gasteiger partial charge in [0.05, 0.1) is 24.9 Å². The number of nitrogens with zero attached hydrogens (tertiary/aromatic N) is 4. The van der Waals surface area contributed by atoms with Crippen molar-refractivity contribution >= 4 is 11.7 Å². The second kappa shape index (κ2) is 4.87. The van der Waals surface area contributed by atoms with Crippen molar-refractivity contribution in [1.82, 2.24) is 14.8 Å². The monoisotopic (exact) mass is 296 g/mol. The van der Waals surface area contributed by atoms with E-state index in [9.17, 15) is 18.0 Å². The average molecular weight is 296 g/mol. The summed E-state index contributed by atoms with van der Waals surface area (Å²) in [5.41, 5.74) is -0.882. The number of alkyl halides is 3. The third-order valence-corrected chi connectivity index (χ3v) is 3.24. The number of carbonyl (C=O) groups excluding carboxylic acids is 1. The van der Waals surface area contributed by atoms with Crippen molar-refractivity contribution in [2.45, 2.75) is 19.1 Å². The van der Waals surface area contributed by atoms with E-state index in [0.717, 1.165) is 6.07 Å². The molecule has 1 amide bonds. The number of carbonyl (C=O) groups is 1. The van der Waals surface area contributed by atoms with Crippen LogP contribution >= 0.6 is 0 Å². The number of fused-ring (bicyclic) bond motifs is 1. The lowest BCUT2D eigenvalue weighted by Gasteiger charge is -2.15. The second-order valence-corrected chi connectivity index (χ2v) is 4.65. The van der Waals surface area contributed by atoms with E-state index in [2.05, 4.69) is 10.1 Å². The maximum absolute atomic E-state index is 12.6. The van der Waals surface area contributed by atoms with Crippen molar-refractivity contribution in [3.8, 4) is 0 Å². The van der Waals surface area contributed by atoms with Crippen LogP contribution in [0.25, 0.3) is 0 Å². The quantitative estimate of drug-likeness (QED) is 0.850. The molecular weight excluding hydrogens is 285 g/mol. The van der Waals surface area contributed by atoms with E-state index < -0.39 is 11.9 Å². The summed E-state index contributed by atoms with van der Waals surface area (Å²) in [6.45, 7) is 1.06.